The van der Waals surface area contributed by atoms with E-state index < -0.39 is 0 Å². The molecule has 0 aliphatic heterocycles. The van der Waals surface area contributed by atoms with Crippen molar-refractivity contribution in [2.45, 2.75) is 33.0 Å². The van der Waals surface area contributed by atoms with Gasteiger partial charge in [-0.2, -0.15) is 5.10 Å². The highest BCUT2D eigenvalue weighted by Crippen LogP contribution is 2.15. The normalized spacial score (nSPS) is 11.9. The van der Waals surface area contributed by atoms with Gasteiger partial charge < -0.3 is 10.1 Å². The van der Waals surface area contributed by atoms with Crippen LogP contribution in [0.15, 0.2) is 48.1 Å². The predicted molar refractivity (Wildman–Crippen MR) is 96.8 cm³/mol. The van der Waals surface area contributed by atoms with E-state index in [-0.39, 0.29) is 11.9 Å². The van der Waals surface area contributed by atoms with Gasteiger partial charge in [0.25, 0.3) is 5.91 Å². The molecule has 2 heterocycles. The maximum Gasteiger partial charge on any atom is 0.251 e. The van der Waals surface area contributed by atoms with Crippen LogP contribution >= 0.6 is 11.3 Å². The van der Waals surface area contributed by atoms with Gasteiger partial charge in [-0.3, -0.25) is 9.48 Å². The van der Waals surface area contributed by atoms with Crippen molar-refractivity contribution < 1.29 is 9.53 Å². The maximum absolute atomic E-state index is 12.3. The lowest BCUT2D eigenvalue weighted by atomic mass is 10.2. The van der Waals surface area contributed by atoms with Crippen molar-refractivity contribution in [2.75, 3.05) is 0 Å². The number of carbonyl (C=O) groups excluding carboxylic acids is 1. The Morgan fingerprint density at radius 2 is 2.16 bits per heavy atom. The molecule has 0 spiro atoms. The number of hydrogen-bond acceptors (Lipinski definition) is 5. The number of nitrogens with zero attached hydrogens (tertiary/aromatic N) is 3. The minimum absolute atomic E-state index is 0.0174. The molecule has 7 heteroatoms. The number of carbonyl (C=O) groups is 1. The van der Waals surface area contributed by atoms with Crippen molar-refractivity contribution >= 4 is 17.2 Å². The van der Waals surface area contributed by atoms with Crippen molar-refractivity contribution in [1.29, 1.82) is 0 Å². The van der Waals surface area contributed by atoms with Gasteiger partial charge in [-0.25, -0.2) is 4.98 Å². The first-order valence-corrected chi connectivity index (χ1v) is 8.90. The van der Waals surface area contributed by atoms with E-state index >= 15 is 0 Å². The average molecular weight is 356 g/mol. The fraction of sp³-hybridized carbons (Fsp3) is 0.278. The van der Waals surface area contributed by atoms with Crippen molar-refractivity contribution in [2.24, 2.45) is 0 Å². The van der Waals surface area contributed by atoms with Gasteiger partial charge >= 0.3 is 0 Å². The second kappa shape index (κ2) is 7.94. The minimum atomic E-state index is -0.110. The lowest BCUT2D eigenvalue weighted by Crippen LogP contribution is -2.35. The summed E-state index contributed by atoms with van der Waals surface area (Å²) in [5.41, 5.74) is 1.51. The number of rotatable bonds is 7. The molecule has 1 atom stereocenters. The predicted octanol–water partition coefficient (Wildman–Crippen LogP) is 3.05. The number of aromatic nitrogens is 3. The SMILES string of the molecule is Cc1nc(COc2ccc(C(=O)NC(C)Cn3cccn3)cc2)cs1. The number of nitrogens with one attached hydrogen (secondary N) is 1. The largest absolute Gasteiger partial charge is 0.487 e. The van der Waals surface area contributed by atoms with Crippen LogP contribution in [0.25, 0.3) is 0 Å². The fourth-order valence-electron chi connectivity index (χ4n) is 2.38. The van der Waals surface area contributed by atoms with E-state index in [4.69, 9.17) is 4.74 Å². The van der Waals surface area contributed by atoms with E-state index in [9.17, 15) is 4.79 Å². The number of thiazole rings is 1. The van der Waals surface area contributed by atoms with Crippen LogP contribution in [0, 0.1) is 6.92 Å². The number of aryl methyl sites for hydroxylation is 1. The second-order valence-corrected chi connectivity index (χ2v) is 6.84. The molecule has 0 radical (unpaired) electrons. The molecule has 2 aromatic heterocycles. The van der Waals surface area contributed by atoms with Gasteiger partial charge in [0.2, 0.25) is 0 Å². The van der Waals surface area contributed by atoms with Gasteiger partial charge in [0.1, 0.15) is 12.4 Å². The zero-order chi connectivity index (χ0) is 17.6. The molecule has 0 saturated carbocycles. The second-order valence-electron chi connectivity index (χ2n) is 5.77. The Kier molecular flexibility index (Phi) is 5.45. The van der Waals surface area contributed by atoms with Gasteiger partial charge in [0.15, 0.2) is 0 Å². The molecule has 6 nitrogen and oxygen atoms in total. The minimum Gasteiger partial charge on any atom is -0.487 e. The Hall–Kier alpha value is -2.67. The molecule has 25 heavy (non-hydrogen) atoms. The highest BCUT2D eigenvalue weighted by atomic mass is 32.1. The molecule has 3 aromatic rings. The summed E-state index contributed by atoms with van der Waals surface area (Å²) in [7, 11) is 0. The first-order chi connectivity index (χ1) is 12.1. The van der Waals surface area contributed by atoms with Gasteiger partial charge in [-0.1, -0.05) is 0 Å². The van der Waals surface area contributed by atoms with Crippen LogP contribution in [-0.2, 0) is 13.2 Å². The third kappa shape index (κ3) is 4.90. The third-order valence-corrected chi connectivity index (χ3v) is 4.39. The van der Waals surface area contributed by atoms with Crippen molar-refractivity contribution in [3.63, 3.8) is 0 Å². The van der Waals surface area contributed by atoms with Crippen molar-refractivity contribution in [3.05, 3.63) is 64.4 Å². The van der Waals surface area contributed by atoms with E-state index in [0.717, 1.165) is 10.7 Å². The average Bonchev–Trinajstić information content (AvgIpc) is 3.25. The molecular weight excluding hydrogens is 336 g/mol. The fourth-order valence-corrected chi connectivity index (χ4v) is 2.97. The van der Waals surface area contributed by atoms with Crippen LogP contribution < -0.4 is 10.1 Å². The molecule has 0 aliphatic carbocycles. The van der Waals surface area contributed by atoms with E-state index in [1.165, 1.54) is 0 Å². The molecule has 1 aromatic carbocycles. The lowest BCUT2D eigenvalue weighted by molar-refractivity contribution is 0.0936. The number of benzene rings is 1. The standard InChI is InChI=1S/C18H20N4O2S/c1-13(10-22-9-3-8-19-22)20-18(23)15-4-6-17(7-5-15)24-11-16-12-25-14(2)21-16/h3-9,12-13H,10-11H2,1-2H3,(H,20,23). The third-order valence-electron chi connectivity index (χ3n) is 3.57. The zero-order valence-corrected chi connectivity index (χ0v) is 15.0. The zero-order valence-electron chi connectivity index (χ0n) is 14.2. The monoisotopic (exact) mass is 356 g/mol. The van der Waals surface area contributed by atoms with Crippen LogP contribution in [0.4, 0.5) is 0 Å². The molecule has 3 rings (SSSR count). The Morgan fingerprint density at radius 1 is 1.36 bits per heavy atom. The molecule has 1 amide bonds. The Balaban J connectivity index is 1.51. The Labute approximate surface area is 150 Å². The summed E-state index contributed by atoms with van der Waals surface area (Å²) in [5.74, 6) is 0.605. The first-order valence-electron chi connectivity index (χ1n) is 8.02. The van der Waals surface area contributed by atoms with Crippen LogP contribution in [0.3, 0.4) is 0 Å². The molecular formula is C18H20N4O2S. The molecule has 0 saturated heterocycles. The Bertz CT molecular complexity index is 812. The summed E-state index contributed by atoms with van der Waals surface area (Å²) < 4.78 is 7.49. The van der Waals surface area contributed by atoms with Gasteiger partial charge in [0.05, 0.1) is 17.2 Å². The van der Waals surface area contributed by atoms with Crippen LogP contribution in [-0.4, -0.2) is 26.7 Å². The molecule has 0 bridgehead atoms. The highest BCUT2D eigenvalue weighted by Gasteiger charge is 2.10. The topological polar surface area (TPSA) is 69.0 Å². The van der Waals surface area contributed by atoms with Crippen molar-refractivity contribution in [3.8, 4) is 5.75 Å². The van der Waals surface area contributed by atoms with Crippen LogP contribution in [0.1, 0.15) is 28.0 Å². The highest BCUT2D eigenvalue weighted by molar-refractivity contribution is 7.09. The van der Waals surface area contributed by atoms with Crippen LogP contribution in [0.2, 0.25) is 0 Å². The molecule has 1 unspecified atom stereocenters. The summed E-state index contributed by atoms with van der Waals surface area (Å²) in [6.45, 7) is 4.98. The van der Waals surface area contributed by atoms with E-state index in [1.54, 1.807) is 46.5 Å². The van der Waals surface area contributed by atoms with Crippen LogP contribution in [0.5, 0.6) is 5.75 Å². The Morgan fingerprint density at radius 3 is 2.80 bits per heavy atom. The number of ether oxygens (including phenoxy) is 1. The first kappa shape index (κ1) is 17.2. The van der Waals surface area contributed by atoms with E-state index in [1.807, 2.05) is 31.5 Å². The van der Waals surface area contributed by atoms with E-state index in [2.05, 4.69) is 15.4 Å². The van der Waals surface area contributed by atoms with Gasteiger partial charge in [0, 0.05) is 29.4 Å². The quantitative estimate of drug-likeness (QED) is 0.706. The maximum atomic E-state index is 12.3. The smallest absolute Gasteiger partial charge is 0.251 e. The number of hydrogen-bond donors (Lipinski definition) is 1. The molecule has 0 fully saturated rings. The summed E-state index contributed by atoms with van der Waals surface area (Å²) in [5, 5.41) is 10.1. The summed E-state index contributed by atoms with van der Waals surface area (Å²) in [6.07, 6.45) is 3.60. The molecule has 0 aliphatic rings. The number of amides is 1. The van der Waals surface area contributed by atoms with Gasteiger partial charge in [-0.15, -0.1) is 11.3 Å². The lowest BCUT2D eigenvalue weighted by Gasteiger charge is -2.14. The van der Waals surface area contributed by atoms with Crippen molar-refractivity contribution in [1.82, 2.24) is 20.1 Å². The summed E-state index contributed by atoms with van der Waals surface area (Å²) >= 11 is 1.60. The molecule has 130 valence electrons. The molecule has 1 N–H and O–H groups in total. The van der Waals surface area contributed by atoms with Gasteiger partial charge in [-0.05, 0) is 44.2 Å². The summed E-state index contributed by atoms with van der Waals surface area (Å²) in [6, 6.07) is 8.96. The van der Waals surface area contributed by atoms with E-state index in [0.29, 0.717) is 24.5 Å². The summed E-state index contributed by atoms with van der Waals surface area (Å²) in [4.78, 5) is 16.6.